The van der Waals surface area contributed by atoms with Gasteiger partial charge in [-0.05, 0) is 58.9 Å². The highest BCUT2D eigenvalue weighted by atomic mass is 35.7. The first-order chi connectivity index (χ1) is 9.11. The minimum Gasteiger partial charge on any atom is -0.116 e. The lowest BCUT2D eigenvalue weighted by Gasteiger charge is -2.39. The number of hydrogen-bond donors (Lipinski definition) is 0. The van der Waals surface area contributed by atoms with Crippen LogP contribution in [-0.2, 0) is 0 Å². The van der Waals surface area contributed by atoms with Gasteiger partial charge >= 0.3 is 0 Å². The molecule has 0 amide bonds. The molecule has 1 aliphatic heterocycles. The van der Waals surface area contributed by atoms with E-state index in [1.807, 2.05) is 0 Å². The summed E-state index contributed by atoms with van der Waals surface area (Å²) in [5, 5.41) is 0. The quantitative estimate of drug-likeness (QED) is 0.209. The standard InChI is InChI=1S/Cl10N5P5/c1-11-16(6)12(2)18(8)14(4)20(10)15(5)19(9)13(3)17(11)7. The van der Waals surface area contributed by atoms with Crippen LogP contribution in [0.5, 0.6) is 0 Å². The molecule has 120 valence electrons. The van der Waals surface area contributed by atoms with Crippen molar-refractivity contribution in [2.75, 3.05) is 0 Å². The molecule has 0 aromatic rings. The second-order valence-electron chi connectivity index (χ2n) is 2.41. The molecule has 0 aromatic carbocycles. The van der Waals surface area contributed by atoms with E-state index in [1.54, 1.807) is 0 Å². The van der Waals surface area contributed by atoms with Crippen LogP contribution in [-0.4, -0.2) is 19.8 Å². The van der Waals surface area contributed by atoms with Gasteiger partial charge in [-0.3, -0.25) is 0 Å². The molecular formula is Cl10N5P5. The number of halogens is 10. The Labute approximate surface area is 171 Å². The molecule has 1 fully saturated rings. The second kappa shape index (κ2) is 10.3. The summed E-state index contributed by atoms with van der Waals surface area (Å²) in [7, 11) is -9.09. The summed E-state index contributed by atoms with van der Waals surface area (Å²) < 4.78 is 5.07. The predicted molar refractivity (Wildman–Crippen MR) is 102 cm³/mol. The van der Waals surface area contributed by atoms with E-state index >= 15 is 0 Å². The topological polar surface area (TPSA) is 16.2 Å². The summed E-state index contributed by atoms with van der Waals surface area (Å²) in [6.07, 6.45) is 0. The normalized spacial score (nSPS) is 42.0. The summed E-state index contributed by atoms with van der Waals surface area (Å²) in [6.45, 7) is 0. The molecule has 20 heteroatoms. The highest BCUT2D eigenvalue weighted by Gasteiger charge is 2.46. The fraction of sp³-hybridized carbons (Fsp3) is 0. The maximum Gasteiger partial charge on any atom is 0.181 e. The van der Waals surface area contributed by atoms with Crippen molar-refractivity contribution in [1.29, 1.82) is 0 Å². The Kier molecular flexibility index (Phi) is 11.7. The van der Waals surface area contributed by atoms with Gasteiger partial charge in [-0.25, -0.2) is 0 Å². The van der Waals surface area contributed by atoms with E-state index in [9.17, 15) is 0 Å². The monoisotopic (exact) mass is 575 g/mol. The highest BCUT2D eigenvalue weighted by molar-refractivity contribution is 8.08. The minimum atomic E-state index is -1.82. The number of nitrogens with zero attached hydrogens (tertiary/aromatic N) is 5. The van der Waals surface area contributed by atoms with Crippen molar-refractivity contribution >= 4 is 153 Å². The summed E-state index contributed by atoms with van der Waals surface area (Å²) in [4.78, 5) is 0. The van der Waals surface area contributed by atoms with Crippen LogP contribution in [0.4, 0.5) is 0 Å². The van der Waals surface area contributed by atoms with Gasteiger partial charge in [-0.1, -0.05) is 56.2 Å². The van der Waals surface area contributed by atoms with Gasteiger partial charge in [0.05, 0.1) is 0 Å². The largest absolute Gasteiger partial charge is 0.181 e. The van der Waals surface area contributed by atoms with E-state index < -0.39 is 37.9 Å². The Morgan fingerprint density at radius 1 is 0.350 bits per heavy atom. The molecule has 5 nitrogen and oxygen atoms in total. The molecule has 0 aromatic heterocycles. The molecule has 0 atom stereocenters. The third kappa shape index (κ3) is 5.42. The van der Waals surface area contributed by atoms with Crippen LogP contribution < -0.4 is 0 Å². The van der Waals surface area contributed by atoms with Crippen LogP contribution >= 0.6 is 153 Å². The van der Waals surface area contributed by atoms with Crippen LogP contribution in [0, 0.1) is 0 Å². The van der Waals surface area contributed by atoms with Crippen molar-refractivity contribution in [3.8, 4) is 0 Å². The van der Waals surface area contributed by atoms with Gasteiger partial charge in [0.25, 0.3) is 0 Å². The van der Waals surface area contributed by atoms with Crippen molar-refractivity contribution in [2.24, 2.45) is 0 Å². The molecular weight excluding hydrogens is 579 g/mol. The second-order valence-corrected chi connectivity index (χ2v) is 19.0. The zero-order chi connectivity index (χ0) is 15.8. The Morgan fingerprint density at radius 2 is 0.450 bits per heavy atom. The molecule has 0 bridgehead atoms. The minimum absolute atomic E-state index is 1.01. The van der Waals surface area contributed by atoms with Crippen LogP contribution in [0.3, 0.4) is 0 Å². The lowest BCUT2D eigenvalue weighted by Crippen LogP contribution is -2.16. The fourth-order valence-corrected chi connectivity index (χ4v) is 18.3. The van der Waals surface area contributed by atoms with Crippen molar-refractivity contribution in [3.63, 3.8) is 0 Å². The zero-order valence-electron chi connectivity index (χ0n) is 8.25. The van der Waals surface area contributed by atoms with Crippen molar-refractivity contribution in [3.05, 3.63) is 0 Å². The van der Waals surface area contributed by atoms with Gasteiger partial charge < -0.3 is 0 Å². The highest BCUT2D eigenvalue weighted by Crippen LogP contribution is 2.84. The van der Waals surface area contributed by atoms with E-state index in [0.717, 1.165) is 19.8 Å². The van der Waals surface area contributed by atoms with Crippen LogP contribution in [0.2, 0.25) is 0 Å². The molecule has 0 radical (unpaired) electrons. The molecule has 0 aliphatic carbocycles. The average Bonchev–Trinajstić information content (AvgIpc) is 2.46. The summed E-state index contributed by atoms with van der Waals surface area (Å²) in [6, 6.07) is 0. The maximum absolute atomic E-state index is 6.10. The van der Waals surface area contributed by atoms with Crippen molar-refractivity contribution in [2.45, 2.75) is 0 Å². The van der Waals surface area contributed by atoms with E-state index in [0.29, 0.717) is 0 Å². The molecule has 0 saturated carbocycles. The maximum atomic E-state index is 6.10. The first-order valence-corrected chi connectivity index (χ1v) is 16.1. The zero-order valence-corrected chi connectivity index (χ0v) is 20.3. The Balaban J connectivity index is 3.13. The summed E-state index contributed by atoms with van der Waals surface area (Å²) in [5.74, 6) is 0. The van der Waals surface area contributed by atoms with E-state index in [4.69, 9.17) is 115 Å². The first kappa shape index (κ1) is 22.9. The van der Waals surface area contributed by atoms with Gasteiger partial charge in [-0.2, -0.15) is 0 Å². The summed E-state index contributed by atoms with van der Waals surface area (Å²) in [5.41, 5.74) is 0. The van der Waals surface area contributed by atoms with Crippen molar-refractivity contribution in [1.82, 2.24) is 19.8 Å². The third-order valence-corrected chi connectivity index (χ3v) is 23.5. The lowest BCUT2D eigenvalue weighted by molar-refractivity contribution is 0.944. The molecule has 1 heterocycles. The van der Waals surface area contributed by atoms with Crippen LogP contribution in [0.15, 0.2) is 0 Å². The van der Waals surface area contributed by atoms with Crippen LogP contribution in [0.1, 0.15) is 0 Å². The van der Waals surface area contributed by atoms with E-state index in [1.165, 1.54) is 0 Å². The van der Waals surface area contributed by atoms with Gasteiger partial charge in [0.1, 0.15) is 0 Å². The SMILES string of the molecule is ClN1P(Cl)N(Cl)P(Cl)N(Cl)P(Cl)N(Cl)P(Cl)N(Cl)P1Cl. The Bertz CT molecular complexity index is 205. The van der Waals surface area contributed by atoms with Gasteiger partial charge in [0, 0.05) is 0 Å². The van der Waals surface area contributed by atoms with Gasteiger partial charge in [-0.15, -0.1) is 19.8 Å². The average molecular weight is 579 g/mol. The van der Waals surface area contributed by atoms with Gasteiger partial charge in [0.15, 0.2) is 37.9 Å². The summed E-state index contributed by atoms with van der Waals surface area (Å²) >= 11 is 60.5. The molecule has 20 heavy (non-hydrogen) atoms. The molecule has 1 rings (SSSR count). The van der Waals surface area contributed by atoms with Gasteiger partial charge in [0.2, 0.25) is 0 Å². The molecule has 0 N–H and O–H groups in total. The van der Waals surface area contributed by atoms with Crippen LogP contribution in [0.25, 0.3) is 0 Å². The molecule has 0 unspecified atom stereocenters. The van der Waals surface area contributed by atoms with E-state index in [2.05, 4.69) is 0 Å². The van der Waals surface area contributed by atoms with E-state index in [-0.39, 0.29) is 0 Å². The molecule has 1 saturated heterocycles. The Morgan fingerprint density at radius 3 is 0.550 bits per heavy atom. The number of hydrogen-bond acceptors (Lipinski definition) is 5. The fourth-order valence-electron chi connectivity index (χ4n) is 0.609. The molecule has 1 aliphatic rings. The third-order valence-electron chi connectivity index (χ3n) is 1.36. The lowest BCUT2D eigenvalue weighted by atomic mass is 13.7. The number of rotatable bonds is 0. The Hall–Kier alpha value is 4.85. The smallest absolute Gasteiger partial charge is 0.116 e. The van der Waals surface area contributed by atoms with Crippen molar-refractivity contribution < 1.29 is 0 Å². The first-order valence-electron chi connectivity index (χ1n) is 3.69. The molecule has 0 spiro atoms. The predicted octanol–water partition coefficient (Wildman–Crippen LogP) is 9.61.